The van der Waals surface area contributed by atoms with Gasteiger partial charge in [0.15, 0.2) is 6.61 Å². The monoisotopic (exact) mass is 365 g/mol. The predicted molar refractivity (Wildman–Crippen MR) is 94.6 cm³/mol. The summed E-state index contributed by atoms with van der Waals surface area (Å²) in [5.74, 6) is -1.00. The fourth-order valence-corrected chi connectivity index (χ4v) is 2.69. The fourth-order valence-electron chi connectivity index (χ4n) is 2.16. The van der Waals surface area contributed by atoms with Crippen LogP contribution >= 0.6 is 23.2 Å². The van der Waals surface area contributed by atoms with Crippen LogP contribution in [0.2, 0.25) is 10.0 Å². The van der Waals surface area contributed by atoms with Crippen molar-refractivity contribution >= 4 is 35.1 Å². The summed E-state index contributed by atoms with van der Waals surface area (Å²) in [6.07, 6.45) is 0.719. The summed E-state index contributed by atoms with van der Waals surface area (Å²) < 4.78 is 4.96. The van der Waals surface area contributed by atoms with Crippen LogP contribution in [-0.2, 0) is 16.0 Å². The zero-order valence-electron chi connectivity index (χ0n) is 13.1. The Labute approximate surface area is 150 Å². The highest BCUT2D eigenvalue weighted by Gasteiger charge is 2.11. The Hall–Kier alpha value is -2.04. The molecule has 2 rings (SSSR count). The molecule has 1 N–H and O–H groups in total. The number of esters is 1. The van der Waals surface area contributed by atoms with E-state index in [9.17, 15) is 9.59 Å². The normalized spacial score (nSPS) is 10.3. The highest BCUT2D eigenvalue weighted by Crippen LogP contribution is 2.19. The second-order valence-corrected chi connectivity index (χ2v) is 6.13. The number of carbonyl (C=O) groups excluding carboxylic acids is 2. The van der Waals surface area contributed by atoms with Gasteiger partial charge in [-0.25, -0.2) is 4.79 Å². The average molecular weight is 366 g/mol. The van der Waals surface area contributed by atoms with E-state index in [1.54, 1.807) is 0 Å². The number of amides is 1. The van der Waals surface area contributed by atoms with Crippen molar-refractivity contribution in [3.63, 3.8) is 0 Å². The Morgan fingerprint density at radius 2 is 1.75 bits per heavy atom. The van der Waals surface area contributed by atoms with Crippen LogP contribution in [0.3, 0.4) is 0 Å². The first-order chi connectivity index (χ1) is 11.5. The second-order valence-electron chi connectivity index (χ2n) is 5.26. The quantitative estimate of drug-likeness (QED) is 0.791. The van der Waals surface area contributed by atoms with E-state index < -0.39 is 5.97 Å². The number of hydrogen-bond acceptors (Lipinski definition) is 3. The van der Waals surface area contributed by atoms with Crippen molar-refractivity contribution in [3.05, 3.63) is 69.2 Å². The molecule has 0 fully saturated rings. The van der Waals surface area contributed by atoms with Gasteiger partial charge in [-0.15, -0.1) is 0 Å². The SMILES string of the molecule is Cc1ccccc1CCNC(=O)COC(=O)c1cc(Cl)cc(Cl)c1. The standard InChI is InChI=1S/C18H17Cl2NO3/c1-12-4-2-3-5-13(12)6-7-21-17(22)11-24-18(23)14-8-15(19)10-16(20)9-14/h2-5,8-10H,6-7,11H2,1H3,(H,21,22). The molecule has 0 bridgehead atoms. The van der Waals surface area contributed by atoms with Gasteiger partial charge in [0.25, 0.3) is 5.91 Å². The molecule has 0 aromatic heterocycles. The van der Waals surface area contributed by atoms with Gasteiger partial charge in [-0.05, 0) is 42.7 Å². The van der Waals surface area contributed by atoms with E-state index in [2.05, 4.69) is 5.32 Å². The molecular weight excluding hydrogens is 349 g/mol. The predicted octanol–water partition coefficient (Wildman–Crippen LogP) is 3.82. The molecule has 24 heavy (non-hydrogen) atoms. The summed E-state index contributed by atoms with van der Waals surface area (Å²) >= 11 is 11.6. The number of rotatable bonds is 6. The molecule has 4 nitrogen and oxygen atoms in total. The van der Waals surface area contributed by atoms with Crippen LogP contribution in [0.4, 0.5) is 0 Å². The van der Waals surface area contributed by atoms with E-state index in [0.29, 0.717) is 16.6 Å². The average Bonchev–Trinajstić information content (AvgIpc) is 2.53. The summed E-state index contributed by atoms with van der Waals surface area (Å²) in [7, 11) is 0. The summed E-state index contributed by atoms with van der Waals surface area (Å²) in [4.78, 5) is 23.6. The second kappa shape index (κ2) is 8.71. The molecular formula is C18H17Cl2NO3. The third-order valence-corrected chi connectivity index (χ3v) is 3.85. The highest BCUT2D eigenvalue weighted by molar-refractivity contribution is 6.35. The number of nitrogens with one attached hydrogen (secondary N) is 1. The van der Waals surface area contributed by atoms with Crippen molar-refractivity contribution < 1.29 is 14.3 Å². The molecule has 126 valence electrons. The van der Waals surface area contributed by atoms with Gasteiger partial charge in [0.05, 0.1) is 5.56 Å². The minimum atomic E-state index is -0.645. The number of benzene rings is 2. The molecule has 6 heteroatoms. The van der Waals surface area contributed by atoms with E-state index in [1.807, 2.05) is 31.2 Å². The molecule has 0 aliphatic carbocycles. The Morgan fingerprint density at radius 1 is 1.08 bits per heavy atom. The van der Waals surface area contributed by atoms with Crippen LogP contribution in [-0.4, -0.2) is 25.0 Å². The lowest BCUT2D eigenvalue weighted by Gasteiger charge is -2.08. The zero-order valence-corrected chi connectivity index (χ0v) is 14.7. The van der Waals surface area contributed by atoms with Crippen LogP contribution in [0.15, 0.2) is 42.5 Å². The zero-order chi connectivity index (χ0) is 17.5. The number of ether oxygens (including phenoxy) is 1. The van der Waals surface area contributed by atoms with Gasteiger partial charge < -0.3 is 10.1 Å². The van der Waals surface area contributed by atoms with Gasteiger partial charge in [-0.3, -0.25) is 4.79 Å². The first kappa shape index (κ1) is 18.3. The highest BCUT2D eigenvalue weighted by atomic mass is 35.5. The largest absolute Gasteiger partial charge is 0.452 e. The van der Waals surface area contributed by atoms with Crippen LogP contribution in [0.25, 0.3) is 0 Å². The van der Waals surface area contributed by atoms with Crippen LogP contribution in [0.5, 0.6) is 0 Å². The molecule has 1 amide bonds. The maximum atomic E-state index is 11.9. The lowest BCUT2D eigenvalue weighted by Crippen LogP contribution is -2.30. The van der Waals surface area contributed by atoms with Crippen molar-refractivity contribution in [2.45, 2.75) is 13.3 Å². The van der Waals surface area contributed by atoms with Crippen molar-refractivity contribution in [2.24, 2.45) is 0 Å². The van der Waals surface area contributed by atoms with E-state index in [1.165, 1.54) is 29.3 Å². The van der Waals surface area contributed by atoms with Gasteiger partial charge in [-0.1, -0.05) is 47.5 Å². The molecule has 0 unspecified atom stereocenters. The van der Waals surface area contributed by atoms with Crippen molar-refractivity contribution in [3.8, 4) is 0 Å². The minimum Gasteiger partial charge on any atom is -0.452 e. The summed E-state index contributed by atoms with van der Waals surface area (Å²) in [5.41, 5.74) is 2.56. The lowest BCUT2D eigenvalue weighted by atomic mass is 10.1. The molecule has 0 spiro atoms. The maximum Gasteiger partial charge on any atom is 0.338 e. The third kappa shape index (κ3) is 5.55. The number of hydrogen-bond donors (Lipinski definition) is 1. The Morgan fingerprint density at radius 3 is 2.42 bits per heavy atom. The summed E-state index contributed by atoms with van der Waals surface area (Å²) in [5, 5.41) is 3.38. The number of carbonyl (C=O) groups is 2. The van der Waals surface area contributed by atoms with E-state index in [-0.39, 0.29) is 18.1 Å². The maximum absolute atomic E-state index is 11.9. The molecule has 0 radical (unpaired) electrons. The van der Waals surface area contributed by atoms with Gasteiger partial charge in [-0.2, -0.15) is 0 Å². The number of halogens is 2. The number of aryl methyl sites for hydroxylation is 1. The molecule has 0 heterocycles. The Bertz CT molecular complexity index is 727. The topological polar surface area (TPSA) is 55.4 Å². The van der Waals surface area contributed by atoms with Gasteiger partial charge in [0.1, 0.15) is 0 Å². The van der Waals surface area contributed by atoms with Crippen molar-refractivity contribution in [1.82, 2.24) is 5.32 Å². The van der Waals surface area contributed by atoms with E-state index in [0.717, 1.165) is 6.42 Å². The van der Waals surface area contributed by atoms with Crippen molar-refractivity contribution in [2.75, 3.05) is 13.2 Å². The van der Waals surface area contributed by atoms with Gasteiger partial charge in [0.2, 0.25) is 0 Å². The van der Waals surface area contributed by atoms with Crippen molar-refractivity contribution in [1.29, 1.82) is 0 Å². The van der Waals surface area contributed by atoms with Crippen LogP contribution in [0, 0.1) is 6.92 Å². The van der Waals surface area contributed by atoms with E-state index >= 15 is 0 Å². The van der Waals surface area contributed by atoms with Gasteiger partial charge in [0, 0.05) is 16.6 Å². The molecule has 0 atom stereocenters. The van der Waals surface area contributed by atoms with Crippen LogP contribution < -0.4 is 5.32 Å². The lowest BCUT2D eigenvalue weighted by molar-refractivity contribution is -0.124. The van der Waals surface area contributed by atoms with Crippen LogP contribution in [0.1, 0.15) is 21.5 Å². The van der Waals surface area contributed by atoms with Gasteiger partial charge >= 0.3 is 5.97 Å². The Balaban J connectivity index is 1.76. The minimum absolute atomic E-state index is 0.209. The third-order valence-electron chi connectivity index (χ3n) is 3.41. The molecule has 0 saturated carbocycles. The molecule has 0 aliphatic heterocycles. The molecule has 0 saturated heterocycles. The molecule has 0 aliphatic rings. The summed E-state index contributed by atoms with van der Waals surface area (Å²) in [6.45, 7) is 2.15. The first-order valence-electron chi connectivity index (χ1n) is 7.40. The smallest absolute Gasteiger partial charge is 0.338 e. The Kier molecular flexibility index (Phi) is 6.64. The molecule has 2 aromatic carbocycles. The first-order valence-corrected chi connectivity index (χ1v) is 8.16. The summed E-state index contributed by atoms with van der Waals surface area (Å²) in [6, 6.07) is 12.4. The fraction of sp³-hybridized carbons (Fsp3) is 0.222. The molecule has 2 aromatic rings. The van der Waals surface area contributed by atoms with E-state index in [4.69, 9.17) is 27.9 Å².